The number of benzene rings is 2. The summed E-state index contributed by atoms with van der Waals surface area (Å²) in [6.07, 6.45) is 0. The Balaban J connectivity index is 2.44. The molecule has 17 heavy (non-hydrogen) atoms. The molecule has 0 aliphatic rings. The van der Waals surface area contributed by atoms with Gasteiger partial charge in [0.05, 0.1) is 18.1 Å². The van der Waals surface area contributed by atoms with E-state index < -0.39 is 0 Å². The lowest BCUT2D eigenvalue weighted by Crippen LogP contribution is -1.89. The Bertz CT molecular complexity index is 710. The van der Waals surface area contributed by atoms with Crippen LogP contribution in [-0.2, 0) is 0 Å². The van der Waals surface area contributed by atoms with E-state index in [0.717, 1.165) is 22.0 Å². The van der Waals surface area contributed by atoms with Crippen LogP contribution in [-0.4, -0.2) is 22.4 Å². The standard InChI is InChI=1S/C13H10N2O2/c1-17-9-3-5-12-11(7-9)10-4-2-8(16)6-13(10)15-14-12/h2-7,16H,1H3. The van der Waals surface area contributed by atoms with Crippen LogP contribution >= 0.6 is 0 Å². The predicted octanol–water partition coefficient (Wildman–Crippen LogP) is 2.50. The number of aromatic nitrogens is 2. The number of hydrogen-bond donors (Lipinski definition) is 1. The van der Waals surface area contributed by atoms with Crippen molar-refractivity contribution in [3.63, 3.8) is 0 Å². The van der Waals surface area contributed by atoms with Crippen molar-refractivity contribution in [2.75, 3.05) is 7.11 Å². The van der Waals surface area contributed by atoms with E-state index in [0.29, 0.717) is 5.52 Å². The molecule has 0 aliphatic heterocycles. The third kappa shape index (κ3) is 1.54. The fourth-order valence-electron chi connectivity index (χ4n) is 1.88. The Morgan fingerprint density at radius 1 is 0.941 bits per heavy atom. The molecule has 0 bridgehead atoms. The van der Waals surface area contributed by atoms with Gasteiger partial charge in [0.1, 0.15) is 11.5 Å². The third-order valence-electron chi connectivity index (χ3n) is 2.74. The van der Waals surface area contributed by atoms with Crippen LogP contribution in [0.5, 0.6) is 11.5 Å². The molecule has 1 aromatic heterocycles. The highest BCUT2D eigenvalue weighted by Gasteiger charge is 2.05. The van der Waals surface area contributed by atoms with Crippen LogP contribution in [0.1, 0.15) is 0 Å². The second-order valence-electron chi connectivity index (χ2n) is 3.78. The van der Waals surface area contributed by atoms with Gasteiger partial charge in [-0.25, -0.2) is 0 Å². The monoisotopic (exact) mass is 226 g/mol. The molecule has 0 radical (unpaired) electrons. The molecule has 0 aliphatic carbocycles. The van der Waals surface area contributed by atoms with Gasteiger partial charge in [-0.2, -0.15) is 0 Å². The number of phenols is 1. The molecule has 0 atom stereocenters. The van der Waals surface area contributed by atoms with E-state index in [9.17, 15) is 5.11 Å². The number of rotatable bonds is 1. The summed E-state index contributed by atoms with van der Waals surface area (Å²) in [7, 11) is 1.63. The molecule has 1 heterocycles. The Morgan fingerprint density at radius 2 is 1.76 bits per heavy atom. The van der Waals surface area contributed by atoms with Crippen LogP contribution in [0.3, 0.4) is 0 Å². The Morgan fingerprint density at radius 3 is 2.59 bits per heavy atom. The average molecular weight is 226 g/mol. The maximum absolute atomic E-state index is 9.41. The first kappa shape index (κ1) is 9.84. The largest absolute Gasteiger partial charge is 0.508 e. The van der Waals surface area contributed by atoms with Crippen molar-refractivity contribution < 1.29 is 9.84 Å². The molecule has 0 unspecified atom stereocenters. The molecule has 84 valence electrons. The number of nitrogens with zero attached hydrogens (tertiary/aromatic N) is 2. The first-order valence-electron chi connectivity index (χ1n) is 5.21. The lowest BCUT2D eigenvalue weighted by molar-refractivity contribution is 0.415. The van der Waals surface area contributed by atoms with Crippen molar-refractivity contribution in [2.45, 2.75) is 0 Å². The number of fused-ring (bicyclic) bond motifs is 3. The molecule has 0 saturated heterocycles. The zero-order chi connectivity index (χ0) is 11.8. The summed E-state index contributed by atoms with van der Waals surface area (Å²) in [5.74, 6) is 0.967. The molecular weight excluding hydrogens is 216 g/mol. The smallest absolute Gasteiger partial charge is 0.119 e. The Kier molecular flexibility index (Phi) is 2.08. The summed E-state index contributed by atoms with van der Waals surface area (Å²) in [5, 5.41) is 19.5. The highest BCUT2D eigenvalue weighted by atomic mass is 16.5. The maximum Gasteiger partial charge on any atom is 0.119 e. The van der Waals surface area contributed by atoms with Crippen molar-refractivity contribution in [3.05, 3.63) is 36.4 Å². The van der Waals surface area contributed by atoms with Crippen LogP contribution in [0.2, 0.25) is 0 Å². The minimum absolute atomic E-state index is 0.189. The van der Waals surface area contributed by atoms with E-state index in [1.54, 1.807) is 19.2 Å². The highest BCUT2D eigenvalue weighted by molar-refractivity contribution is 6.04. The van der Waals surface area contributed by atoms with E-state index in [1.165, 1.54) is 0 Å². The van der Waals surface area contributed by atoms with Crippen LogP contribution in [0.15, 0.2) is 36.4 Å². The Labute approximate surface area is 97.5 Å². The predicted molar refractivity (Wildman–Crippen MR) is 65.3 cm³/mol. The molecular formula is C13H10N2O2. The molecule has 0 spiro atoms. The topological polar surface area (TPSA) is 55.2 Å². The normalized spacial score (nSPS) is 10.9. The van der Waals surface area contributed by atoms with Crippen molar-refractivity contribution >= 4 is 21.8 Å². The lowest BCUT2D eigenvalue weighted by atomic mass is 10.1. The summed E-state index contributed by atoms with van der Waals surface area (Å²) in [6, 6.07) is 10.7. The van der Waals surface area contributed by atoms with Gasteiger partial charge in [-0.15, -0.1) is 10.2 Å². The van der Waals surface area contributed by atoms with Gasteiger partial charge in [-0.3, -0.25) is 0 Å². The van der Waals surface area contributed by atoms with Crippen LogP contribution in [0.4, 0.5) is 0 Å². The fourth-order valence-corrected chi connectivity index (χ4v) is 1.88. The van der Waals surface area contributed by atoms with Crippen LogP contribution in [0, 0.1) is 0 Å². The summed E-state index contributed by atoms with van der Waals surface area (Å²) in [4.78, 5) is 0. The van der Waals surface area contributed by atoms with Gasteiger partial charge in [0, 0.05) is 16.8 Å². The second-order valence-corrected chi connectivity index (χ2v) is 3.78. The summed E-state index contributed by atoms with van der Waals surface area (Å²) < 4.78 is 5.20. The van der Waals surface area contributed by atoms with Crippen molar-refractivity contribution in [2.24, 2.45) is 0 Å². The maximum atomic E-state index is 9.41. The molecule has 0 fully saturated rings. The van der Waals surface area contributed by atoms with Crippen molar-refractivity contribution in [1.82, 2.24) is 10.2 Å². The fraction of sp³-hybridized carbons (Fsp3) is 0.0769. The number of ether oxygens (including phenoxy) is 1. The van der Waals surface area contributed by atoms with E-state index in [1.807, 2.05) is 24.3 Å². The molecule has 2 aromatic carbocycles. The van der Waals surface area contributed by atoms with E-state index in [2.05, 4.69) is 10.2 Å². The van der Waals surface area contributed by atoms with E-state index >= 15 is 0 Å². The summed E-state index contributed by atoms with van der Waals surface area (Å²) in [6.45, 7) is 0. The van der Waals surface area contributed by atoms with E-state index in [-0.39, 0.29) is 5.75 Å². The summed E-state index contributed by atoms with van der Waals surface area (Å²) >= 11 is 0. The van der Waals surface area contributed by atoms with Crippen LogP contribution < -0.4 is 4.74 Å². The molecule has 0 amide bonds. The number of hydrogen-bond acceptors (Lipinski definition) is 4. The molecule has 1 N–H and O–H groups in total. The molecule has 3 aromatic rings. The lowest BCUT2D eigenvalue weighted by Gasteiger charge is -2.04. The number of phenolic OH excluding ortho intramolecular Hbond substituents is 1. The average Bonchev–Trinajstić information content (AvgIpc) is 2.37. The minimum Gasteiger partial charge on any atom is -0.508 e. The second kappa shape index (κ2) is 3.59. The zero-order valence-corrected chi connectivity index (χ0v) is 9.21. The summed E-state index contributed by atoms with van der Waals surface area (Å²) in [5.41, 5.74) is 1.48. The molecule has 3 rings (SSSR count). The van der Waals surface area contributed by atoms with Gasteiger partial charge in [-0.05, 0) is 30.3 Å². The van der Waals surface area contributed by atoms with Gasteiger partial charge in [0.15, 0.2) is 0 Å². The first-order chi connectivity index (χ1) is 8.28. The molecule has 0 saturated carbocycles. The van der Waals surface area contributed by atoms with Gasteiger partial charge in [0.2, 0.25) is 0 Å². The Hall–Kier alpha value is -2.36. The van der Waals surface area contributed by atoms with Crippen LogP contribution in [0.25, 0.3) is 21.8 Å². The van der Waals surface area contributed by atoms with Gasteiger partial charge < -0.3 is 9.84 Å². The highest BCUT2D eigenvalue weighted by Crippen LogP contribution is 2.27. The zero-order valence-electron chi connectivity index (χ0n) is 9.21. The van der Waals surface area contributed by atoms with E-state index in [4.69, 9.17) is 4.74 Å². The number of aromatic hydroxyl groups is 1. The first-order valence-corrected chi connectivity index (χ1v) is 5.21. The van der Waals surface area contributed by atoms with Gasteiger partial charge in [-0.1, -0.05) is 0 Å². The number of methoxy groups -OCH3 is 1. The van der Waals surface area contributed by atoms with Gasteiger partial charge >= 0.3 is 0 Å². The minimum atomic E-state index is 0.189. The quantitative estimate of drug-likeness (QED) is 0.648. The van der Waals surface area contributed by atoms with Crippen molar-refractivity contribution in [3.8, 4) is 11.5 Å². The molecule has 4 nitrogen and oxygen atoms in total. The molecule has 4 heteroatoms. The SMILES string of the molecule is COc1ccc2nnc3cc(O)ccc3c2c1. The van der Waals surface area contributed by atoms with Gasteiger partial charge in [0.25, 0.3) is 0 Å². The van der Waals surface area contributed by atoms with Crippen molar-refractivity contribution in [1.29, 1.82) is 0 Å². The third-order valence-corrected chi connectivity index (χ3v) is 2.74.